The van der Waals surface area contributed by atoms with Crippen LogP contribution in [0.2, 0.25) is 5.15 Å². The van der Waals surface area contributed by atoms with E-state index in [9.17, 15) is 5.11 Å². The zero-order valence-corrected chi connectivity index (χ0v) is 10.5. The number of aliphatic hydroxyl groups is 1. The fraction of sp³-hybridized carbons (Fsp3) is 0.545. The molecule has 0 aliphatic carbocycles. The monoisotopic (exact) mass is 258 g/mol. The lowest BCUT2D eigenvalue weighted by Gasteiger charge is -2.21. The predicted molar refractivity (Wildman–Crippen MR) is 67.8 cm³/mol. The molecule has 2 heterocycles. The second-order valence-corrected chi connectivity index (χ2v) is 5.55. The van der Waals surface area contributed by atoms with Gasteiger partial charge in [-0.1, -0.05) is 17.7 Å². The van der Waals surface area contributed by atoms with E-state index in [4.69, 9.17) is 11.6 Å². The van der Waals surface area contributed by atoms with E-state index in [0.717, 1.165) is 23.5 Å². The summed E-state index contributed by atoms with van der Waals surface area (Å²) in [7, 11) is 0. The first-order valence-corrected chi connectivity index (χ1v) is 6.83. The van der Waals surface area contributed by atoms with Gasteiger partial charge in [0, 0.05) is 30.6 Å². The number of rotatable bonds is 4. The lowest BCUT2D eigenvalue weighted by molar-refractivity contribution is 0.0674. The summed E-state index contributed by atoms with van der Waals surface area (Å²) in [6.07, 6.45) is 2.54. The van der Waals surface area contributed by atoms with Gasteiger partial charge in [0.25, 0.3) is 0 Å². The van der Waals surface area contributed by atoms with E-state index in [-0.39, 0.29) is 0 Å². The Morgan fingerprint density at radius 3 is 3.19 bits per heavy atom. The number of thioether (sulfide) groups is 1. The SMILES string of the molecule is OC1(CNCc2cccnc2Cl)CCSC1. The Morgan fingerprint density at radius 1 is 1.62 bits per heavy atom. The lowest BCUT2D eigenvalue weighted by Crippen LogP contribution is -2.40. The normalized spacial score (nSPS) is 24.9. The summed E-state index contributed by atoms with van der Waals surface area (Å²) in [4.78, 5) is 4.01. The van der Waals surface area contributed by atoms with Crippen molar-refractivity contribution >= 4 is 23.4 Å². The van der Waals surface area contributed by atoms with Crippen molar-refractivity contribution in [3.05, 3.63) is 29.0 Å². The van der Waals surface area contributed by atoms with Gasteiger partial charge in [0.15, 0.2) is 0 Å². The molecule has 0 bridgehead atoms. The van der Waals surface area contributed by atoms with Crippen molar-refractivity contribution < 1.29 is 5.11 Å². The fourth-order valence-electron chi connectivity index (χ4n) is 1.72. The Hall–Kier alpha value is -0.290. The minimum atomic E-state index is -0.542. The van der Waals surface area contributed by atoms with Gasteiger partial charge < -0.3 is 10.4 Å². The second-order valence-electron chi connectivity index (χ2n) is 4.08. The second kappa shape index (κ2) is 5.36. The van der Waals surface area contributed by atoms with Crippen molar-refractivity contribution in [2.75, 3.05) is 18.1 Å². The number of nitrogens with zero attached hydrogens (tertiary/aromatic N) is 1. The summed E-state index contributed by atoms with van der Waals surface area (Å²) in [6.45, 7) is 1.27. The van der Waals surface area contributed by atoms with Crippen LogP contribution >= 0.6 is 23.4 Å². The highest BCUT2D eigenvalue weighted by Gasteiger charge is 2.30. The van der Waals surface area contributed by atoms with Crippen molar-refractivity contribution in [1.82, 2.24) is 10.3 Å². The average Bonchev–Trinajstić information content (AvgIpc) is 2.68. The van der Waals surface area contributed by atoms with Crippen LogP contribution in [0.4, 0.5) is 0 Å². The van der Waals surface area contributed by atoms with Crippen LogP contribution in [-0.4, -0.2) is 33.7 Å². The number of aromatic nitrogens is 1. The quantitative estimate of drug-likeness (QED) is 0.807. The smallest absolute Gasteiger partial charge is 0.133 e. The molecular formula is C11H15ClN2OS. The van der Waals surface area contributed by atoms with Gasteiger partial charge in [0.1, 0.15) is 5.15 Å². The van der Waals surface area contributed by atoms with Crippen LogP contribution in [0.25, 0.3) is 0 Å². The Bertz CT molecular complexity index is 356. The molecule has 3 nitrogen and oxygen atoms in total. The number of hydrogen-bond donors (Lipinski definition) is 2. The van der Waals surface area contributed by atoms with Crippen molar-refractivity contribution in [3.63, 3.8) is 0 Å². The summed E-state index contributed by atoms with van der Waals surface area (Å²) >= 11 is 7.74. The van der Waals surface area contributed by atoms with Crippen LogP contribution in [-0.2, 0) is 6.54 Å². The average molecular weight is 259 g/mol. The summed E-state index contributed by atoms with van der Waals surface area (Å²) < 4.78 is 0. The summed E-state index contributed by atoms with van der Waals surface area (Å²) in [6, 6.07) is 3.80. The lowest BCUT2D eigenvalue weighted by atomic mass is 10.0. The maximum atomic E-state index is 10.1. The van der Waals surface area contributed by atoms with E-state index >= 15 is 0 Å². The van der Waals surface area contributed by atoms with E-state index < -0.39 is 5.60 Å². The highest BCUT2D eigenvalue weighted by atomic mass is 35.5. The number of pyridine rings is 1. The number of hydrogen-bond acceptors (Lipinski definition) is 4. The predicted octanol–water partition coefficient (Wildman–Crippen LogP) is 1.69. The van der Waals surface area contributed by atoms with Gasteiger partial charge in [-0.2, -0.15) is 11.8 Å². The molecule has 1 aromatic heterocycles. The molecule has 0 spiro atoms. The molecule has 88 valence electrons. The molecule has 1 aliphatic heterocycles. The molecule has 1 aliphatic rings. The highest BCUT2D eigenvalue weighted by Crippen LogP contribution is 2.27. The maximum absolute atomic E-state index is 10.1. The van der Waals surface area contributed by atoms with Gasteiger partial charge in [-0.05, 0) is 18.2 Å². The molecule has 0 aromatic carbocycles. The molecule has 1 atom stereocenters. The minimum absolute atomic E-state index is 0.530. The van der Waals surface area contributed by atoms with Crippen LogP contribution in [0.3, 0.4) is 0 Å². The van der Waals surface area contributed by atoms with Gasteiger partial charge in [-0.3, -0.25) is 0 Å². The van der Waals surface area contributed by atoms with Crippen LogP contribution in [0.15, 0.2) is 18.3 Å². The first-order valence-electron chi connectivity index (χ1n) is 5.30. The van der Waals surface area contributed by atoms with E-state index in [0.29, 0.717) is 18.2 Å². The maximum Gasteiger partial charge on any atom is 0.133 e. The fourth-order valence-corrected chi connectivity index (χ4v) is 3.20. The van der Waals surface area contributed by atoms with E-state index in [1.54, 1.807) is 18.0 Å². The third-order valence-corrected chi connectivity index (χ3v) is 4.26. The van der Waals surface area contributed by atoms with Crippen LogP contribution < -0.4 is 5.32 Å². The molecule has 16 heavy (non-hydrogen) atoms. The summed E-state index contributed by atoms with van der Waals surface area (Å²) in [5.74, 6) is 1.87. The van der Waals surface area contributed by atoms with E-state index in [1.807, 2.05) is 12.1 Å². The Morgan fingerprint density at radius 2 is 2.50 bits per heavy atom. The first kappa shape index (κ1) is 12.2. The number of nitrogens with one attached hydrogen (secondary N) is 1. The Balaban J connectivity index is 1.82. The molecule has 0 amide bonds. The molecular weight excluding hydrogens is 244 g/mol. The minimum Gasteiger partial charge on any atom is -0.388 e. The first-order chi connectivity index (χ1) is 7.70. The zero-order chi connectivity index (χ0) is 11.4. The van der Waals surface area contributed by atoms with E-state index in [1.165, 1.54) is 0 Å². The van der Waals surface area contributed by atoms with Crippen LogP contribution in [0.5, 0.6) is 0 Å². The van der Waals surface area contributed by atoms with Crippen molar-refractivity contribution in [2.45, 2.75) is 18.6 Å². The van der Waals surface area contributed by atoms with Crippen molar-refractivity contribution in [3.8, 4) is 0 Å². The standard InChI is InChI=1S/C11H15ClN2OS/c12-10-9(2-1-4-14-10)6-13-7-11(15)3-5-16-8-11/h1-2,4,13,15H,3,5-8H2. The highest BCUT2D eigenvalue weighted by molar-refractivity contribution is 7.99. The molecule has 1 saturated heterocycles. The molecule has 2 rings (SSSR count). The Labute approximate surface area is 105 Å². The van der Waals surface area contributed by atoms with Gasteiger partial charge in [-0.15, -0.1) is 0 Å². The van der Waals surface area contributed by atoms with Gasteiger partial charge in [0.2, 0.25) is 0 Å². The summed E-state index contributed by atoms with van der Waals surface area (Å²) in [5.41, 5.74) is 0.428. The molecule has 1 fully saturated rings. The zero-order valence-electron chi connectivity index (χ0n) is 8.95. The topological polar surface area (TPSA) is 45.1 Å². The number of halogens is 1. The molecule has 5 heteroatoms. The van der Waals surface area contributed by atoms with Crippen LogP contribution in [0, 0.1) is 0 Å². The molecule has 0 radical (unpaired) electrons. The van der Waals surface area contributed by atoms with Crippen molar-refractivity contribution in [1.29, 1.82) is 0 Å². The molecule has 2 N–H and O–H groups in total. The Kier molecular flexibility index (Phi) is 4.08. The van der Waals surface area contributed by atoms with Crippen LogP contribution in [0.1, 0.15) is 12.0 Å². The molecule has 1 unspecified atom stereocenters. The molecule has 1 aromatic rings. The third-order valence-electron chi connectivity index (χ3n) is 2.69. The summed E-state index contributed by atoms with van der Waals surface area (Å²) in [5, 5.41) is 13.9. The largest absolute Gasteiger partial charge is 0.388 e. The van der Waals surface area contributed by atoms with Crippen molar-refractivity contribution in [2.24, 2.45) is 0 Å². The molecule has 0 saturated carbocycles. The van der Waals surface area contributed by atoms with Gasteiger partial charge >= 0.3 is 0 Å². The van der Waals surface area contributed by atoms with Gasteiger partial charge in [-0.25, -0.2) is 4.98 Å². The third kappa shape index (κ3) is 3.10. The van der Waals surface area contributed by atoms with Gasteiger partial charge in [0.05, 0.1) is 5.60 Å². The van der Waals surface area contributed by atoms with E-state index in [2.05, 4.69) is 10.3 Å².